The van der Waals surface area contributed by atoms with Gasteiger partial charge in [0.25, 0.3) is 5.69 Å². The van der Waals surface area contributed by atoms with Crippen molar-refractivity contribution in [1.82, 2.24) is 0 Å². The summed E-state index contributed by atoms with van der Waals surface area (Å²) in [6.45, 7) is 0.788. The van der Waals surface area contributed by atoms with E-state index in [1.54, 1.807) is 7.11 Å². The maximum atomic E-state index is 11.5. The number of methoxy groups -OCH3 is 2. The zero-order valence-electron chi connectivity index (χ0n) is 11.7. The summed E-state index contributed by atoms with van der Waals surface area (Å²) in [6.07, 6.45) is -0.202. The van der Waals surface area contributed by atoms with Crippen molar-refractivity contribution in [1.29, 1.82) is 0 Å². The molecule has 21 heavy (non-hydrogen) atoms. The van der Waals surface area contributed by atoms with Crippen LogP contribution in [0.5, 0.6) is 0 Å². The van der Waals surface area contributed by atoms with Crippen LogP contribution in [0, 0.1) is 10.1 Å². The van der Waals surface area contributed by atoms with Crippen molar-refractivity contribution in [3.05, 3.63) is 33.9 Å². The average molecular weight is 296 g/mol. The molecule has 1 aromatic carbocycles. The first kappa shape index (κ1) is 15.2. The van der Waals surface area contributed by atoms with Crippen molar-refractivity contribution < 1.29 is 23.9 Å². The molecule has 1 aromatic rings. The number of ether oxygens (including phenoxy) is 3. The number of esters is 1. The number of hydrogen-bond donors (Lipinski definition) is 1. The third-order valence-corrected chi connectivity index (χ3v) is 3.29. The van der Waals surface area contributed by atoms with E-state index in [9.17, 15) is 14.9 Å². The Hall–Kier alpha value is -2.19. The second-order valence-corrected chi connectivity index (χ2v) is 4.54. The summed E-state index contributed by atoms with van der Waals surface area (Å²) in [4.78, 5) is 22.1. The van der Waals surface area contributed by atoms with E-state index < -0.39 is 10.9 Å². The Balaban J connectivity index is 2.30. The maximum absolute atomic E-state index is 11.5. The zero-order valence-corrected chi connectivity index (χ0v) is 11.7. The Morgan fingerprint density at radius 1 is 1.43 bits per heavy atom. The van der Waals surface area contributed by atoms with Crippen molar-refractivity contribution in [2.75, 3.05) is 32.8 Å². The molecule has 2 atom stereocenters. The Morgan fingerprint density at radius 3 is 2.81 bits per heavy atom. The van der Waals surface area contributed by atoms with Gasteiger partial charge in [-0.3, -0.25) is 10.1 Å². The fourth-order valence-corrected chi connectivity index (χ4v) is 2.16. The largest absolute Gasteiger partial charge is 0.465 e. The first-order chi connectivity index (χ1) is 10.1. The van der Waals surface area contributed by atoms with E-state index in [1.807, 2.05) is 0 Å². The molecule has 1 heterocycles. The number of anilines is 1. The van der Waals surface area contributed by atoms with E-state index in [-0.39, 0.29) is 29.1 Å². The molecule has 1 aliphatic heterocycles. The molecule has 1 fully saturated rings. The summed E-state index contributed by atoms with van der Waals surface area (Å²) < 4.78 is 15.1. The number of nitro benzene ring substituents is 1. The van der Waals surface area contributed by atoms with Crippen LogP contribution < -0.4 is 5.32 Å². The predicted molar refractivity (Wildman–Crippen MR) is 73.5 cm³/mol. The molecule has 1 unspecified atom stereocenters. The minimum Gasteiger partial charge on any atom is -0.465 e. The molecule has 0 aliphatic carbocycles. The first-order valence-electron chi connectivity index (χ1n) is 6.30. The van der Waals surface area contributed by atoms with Gasteiger partial charge in [-0.15, -0.1) is 0 Å². The average Bonchev–Trinajstić information content (AvgIpc) is 2.93. The Labute approximate surface area is 121 Å². The van der Waals surface area contributed by atoms with Gasteiger partial charge in [0.15, 0.2) is 0 Å². The summed E-state index contributed by atoms with van der Waals surface area (Å²) in [5.41, 5.74) is 0.350. The molecule has 114 valence electrons. The summed E-state index contributed by atoms with van der Waals surface area (Å²) in [5.74, 6) is -0.557. The zero-order chi connectivity index (χ0) is 15.4. The number of hydrogen-bond acceptors (Lipinski definition) is 7. The lowest BCUT2D eigenvalue weighted by Crippen LogP contribution is -2.33. The van der Waals surface area contributed by atoms with E-state index in [0.29, 0.717) is 13.2 Å². The van der Waals surface area contributed by atoms with Crippen LogP contribution in [-0.4, -0.2) is 50.5 Å². The van der Waals surface area contributed by atoms with Gasteiger partial charge in [0.2, 0.25) is 0 Å². The number of nitrogens with one attached hydrogen (secondary N) is 1. The molecule has 0 aromatic heterocycles. The topological polar surface area (TPSA) is 99.9 Å². The highest BCUT2D eigenvalue weighted by Crippen LogP contribution is 2.28. The van der Waals surface area contributed by atoms with Crippen LogP contribution in [0.2, 0.25) is 0 Å². The third-order valence-electron chi connectivity index (χ3n) is 3.29. The normalized spacial score (nSPS) is 21.0. The molecule has 2 rings (SSSR count). The van der Waals surface area contributed by atoms with E-state index in [1.165, 1.54) is 25.3 Å². The van der Waals surface area contributed by atoms with Gasteiger partial charge >= 0.3 is 5.97 Å². The van der Waals surface area contributed by atoms with Crippen molar-refractivity contribution in [3.8, 4) is 0 Å². The molecule has 0 spiro atoms. The van der Waals surface area contributed by atoms with Gasteiger partial charge in [-0.1, -0.05) is 0 Å². The van der Waals surface area contributed by atoms with Gasteiger partial charge in [0.1, 0.15) is 11.8 Å². The number of carbonyl (C=O) groups is 1. The summed E-state index contributed by atoms with van der Waals surface area (Å²) in [5, 5.41) is 14.1. The van der Waals surface area contributed by atoms with Crippen LogP contribution >= 0.6 is 0 Å². The fourth-order valence-electron chi connectivity index (χ4n) is 2.16. The first-order valence-corrected chi connectivity index (χ1v) is 6.30. The van der Waals surface area contributed by atoms with Gasteiger partial charge in [-0.2, -0.15) is 0 Å². The van der Waals surface area contributed by atoms with Gasteiger partial charge in [0, 0.05) is 13.2 Å². The van der Waals surface area contributed by atoms with Crippen molar-refractivity contribution >= 4 is 17.3 Å². The van der Waals surface area contributed by atoms with Gasteiger partial charge in [-0.05, 0) is 12.1 Å². The molecule has 0 bridgehead atoms. The van der Waals surface area contributed by atoms with E-state index in [2.05, 4.69) is 10.1 Å². The van der Waals surface area contributed by atoms with Crippen LogP contribution in [0.15, 0.2) is 18.2 Å². The lowest BCUT2D eigenvalue weighted by atomic mass is 10.1. The number of carbonyl (C=O) groups excluding carboxylic acids is 1. The molecular formula is C13H16N2O6. The second kappa shape index (κ2) is 6.51. The standard InChI is InChI=1S/C13H16N2O6/c1-19-12-7-21-6-10(12)14-9-5-8(13(16)20-2)3-4-11(9)15(17)18/h3-5,10,12,14H,6-7H2,1-2H3/t10?,12-/m1/s1. The molecule has 0 radical (unpaired) electrons. The third kappa shape index (κ3) is 3.29. The Morgan fingerprint density at radius 2 is 2.19 bits per heavy atom. The molecule has 1 saturated heterocycles. The van der Waals surface area contributed by atoms with Crippen LogP contribution in [-0.2, 0) is 14.2 Å². The molecular weight excluding hydrogens is 280 g/mol. The van der Waals surface area contributed by atoms with Crippen LogP contribution in [0.1, 0.15) is 10.4 Å². The Kier molecular flexibility index (Phi) is 4.71. The van der Waals surface area contributed by atoms with Gasteiger partial charge < -0.3 is 19.5 Å². The molecule has 8 heteroatoms. The lowest BCUT2D eigenvalue weighted by molar-refractivity contribution is -0.384. The highest BCUT2D eigenvalue weighted by atomic mass is 16.6. The smallest absolute Gasteiger partial charge is 0.337 e. The molecule has 0 amide bonds. The van der Waals surface area contributed by atoms with E-state index in [4.69, 9.17) is 9.47 Å². The monoisotopic (exact) mass is 296 g/mol. The van der Waals surface area contributed by atoms with Gasteiger partial charge in [-0.25, -0.2) is 4.79 Å². The highest BCUT2D eigenvalue weighted by Gasteiger charge is 2.30. The lowest BCUT2D eigenvalue weighted by Gasteiger charge is -2.19. The number of nitro groups is 1. The SMILES string of the molecule is COC(=O)c1ccc([N+](=O)[O-])c(NC2COC[C@H]2OC)c1. The van der Waals surface area contributed by atoms with Crippen LogP contribution in [0.4, 0.5) is 11.4 Å². The van der Waals surface area contributed by atoms with Crippen molar-refractivity contribution in [2.24, 2.45) is 0 Å². The van der Waals surface area contributed by atoms with Crippen LogP contribution in [0.25, 0.3) is 0 Å². The summed E-state index contributed by atoms with van der Waals surface area (Å²) >= 11 is 0. The number of rotatable bonds is 5. The van der Waals surface area contributed by atoms with Crippen molar-refractivity contribution in [2.45, 2.75) is 12.1 Å². The highest BCUT2D eigenvalue weighted by molar-refractivity contribution is 5.91. The maximum Gasteiger partial charge on any atom is 0.337 e. The van der Waals surface area contributed by atoms with E-state index in [0.717, 1.165) is 0 Å². The van der Waals surface area contributed by atoms with Gasteiger partial charge in [0.05, 0.1) is 36.9 Å². The molecule has 1 aliphatic rings. The summed E-state index contributed by atoms with van der Waals surface area (Å²) in [7, 11) is 2.80. The fraction of sp³-hybridized carbons (Fsp3) is 0.462. The number of benzene rings is 1. The van der Waals surface area contributed by atoms with Crippen molar-refractivity contribution in [3.63, 3.8) is 0 Å². The molecule has 8 nitrogen and oxygen atoms in total. The second-order valence-electron chi connectivity index (χ2n) is 4.54. The molecule has 1 N–H and O–H groups in total. The predicted octanol–water partition coefficient (Wildman–Crippen LogP) is 1.21. The van der Waals surface area contributed by atoms with Crippen LogP contribution in [0.3, 0.4) is 0 Å². The Bertz CT molecular complexity index is 547. The minimum atomic E-state index is -0.557. The minimum absolute atomic E-state index is 0.121. The summed E-state index contributed by atoms with van der Waals surface area (Å²) in [6, 6.07) is 3.80. The molecule has 0 saturated carbocycles. The number of nitrogens with zero attached hydrogens (tertiary/aromatic N) is 1. The van der Waals surface area contributed by atoms with E-state index >= 15 is 0 Å². The quantitative estimate of drug-likeness (QED) is 0.495.